The van der Waals surface area contributed by atoms with E-state index in [-0.39, 0.29) is 19.8 Å². The molecule has 0 spiro atoms. The Morgan fingerprint density at radius 3 is 2.64 bits per heavy atom. The third-order valence-corrected chi connectivity index (χ3v) is 1.55. The van der Waals surface area contributed by atoms with E-state index in [1.54, 1.807) is 0 Å². The van der Waals surface area contributed by atoms with Gasteiger partial charge in [0.25, 0.3) is 0 Å². The summed E-state index contributed by atoms with van der Waals surface area (Å²) in [6, 6.07) is 0. The molecule has 0 aromatic heterocycles. The quantitative estimate of drug-likeness (QED) is 0.575. The first-order chi connectivity index (χ1) is 6.56. The summed E-state index contributed by atoms with van der Waals surface area (Å²) in [6.45, 7) is 3.96. The lowest BCUT2D eigenvalue weighted by molar-refractivity contribution is 0.106. The Balaban J connectivity index is 3.45. The fourth-order valence-electron chi connectivity index (χ4n) is 1.02. The minimum atomic E-state index is -0.609. The summed E-state index contributed by atoms with van der Waals surface area (Å²) in [4.78, 5) is 10.8. The van der Waals surface area contributed by atoms with Crippen molar-refractivity contribution in [2.24, 2.45) is 5.92 Å². The molecule has 1 unspecified atom stereocenters. The van der Waals surface area contributed by atoms with Gasteiger partial charge in [-0.2, -0.15) is 0 Å². The molecule has 0 heterocycles. The maximum Gasteiger partial charge on any atom is 0.407 e. The van der Waals surface area contributed by atoms with Crippen molar-refractivity contribution in [3.8, 4) is 0 Å². The molecule has 0 aliphatic heterocycles. The summed E-state index contributed by atoms with van der Waals surface area (Å²) >= 11 is 0. The van der Waals surface area contributed by atoms with E-state index in [9.17, 15) is 9.90 Å². The zero-order valence-corrected chi connectivity index (χ0v) is 8.69. The van der Waals surface area contributed by atoms with Crippen LogP contribution in [0.3, 0.4) is 0 Å². The molecule has 0 aliphatic carbocycles. The number of carbonyl (C=O) groups excluding carboxylic acids is 1. The molecule has 0 saturated carbocycles. The van der Waals surface area contributed by atoms with Crippen LogP contribution in [0.5, 0.6) is 0 Å². The van der Waals surface area contributed by atoms with Crippen molar-refractivity contribution in [3.05, 3.63) is 0 Å². The average molecular weight is 205 g/mol. The zero-order valence-electron chi connectivity index (χ0n) is 8.69. The van der Waals surface area contributed by atoms with Crippen LogP contribution in [0.2, 0.25) is 0 Å². The molecule has 3 N–H and O–H groups in total. The number of nitrogens with one attached hydrogen (secondary N) is 1. The Morgan fingerprint density at radius 1 is 1.50 bits per heavy atom. The van der Waals surface area contributed by atoms with Gasteiger partial charge < -0.3 is 20.3 Å². The van der Waals surface area contributed by atoms with E-state index in [1.807, 2.05) is 13.8 Å². The van der Waals surface area contributed by atoms with Gasteiger partial charge in [-0.05, 0) is 12.3 Å². The summed E-state index contributed by atoms with van der Waals surface area (Å²) in [5.74, 6) is 0.389. The predicted molar refractivity (Wildman–Crippen MR) is 51.9 cm³/mol. The summed E-state index contributed by atoms with van der Waals surface area (Å²) in [7, 11) is 0. The second kappa shape index (κ2) is 7.58. The predicted octanol–water partition coefficient (Wildman–Crippen LogP) is 0.112. The van der Waals surface area contributed by atoms with Gasteiger partial charge in [0.05, 0.1) is 12.7 Å². The molecule has 0 rings (SSSR count). The highest BCUT2D eigenvalue weighted by molar-refractivity contribution is 5.67. The summed E-state index contributed by atoms with van der Waals surface area (Å²) in [6.07, 6.45) is -0.515. The summed E-state index contributed by atoms with van der Waals surface area (Å²) < 4.78 is 4.54. The minimum Gasteiger partial charge on any atom is -0.447 e. The standard InChI is InChI=1S/C9H19NO4/c1-7(2)5-8(12)6-10-9(13)14-4-3-11/h7-8,11-12H,3-6H2,1-2H3,(H,10,13). The van der Waals surface area contributed by atoms with E-state index in [4.69, 9.17) is 5.11 Å². The van der Waals surface area contributed by atoms with Crippen molar-refractivity contribution in [2.75, 3.05) is 19.8 Å². The molecular weight excluding hydrogens is 186 g/mol. The van der Waals surface area contributed by atoms with E-state index in [0.717, 1.165) is 0 Å². The van der Waals surface area contributed by atoms with Crippen LogP contribution in [0.4, 0.5) is 4.79 Å². The Labute approximate surface area is 84.1 Å². The van der Waals surface area contributed by atoms with E-state index in [2.05, 4.69) is 10.1 Å². The number of amides is 1. The lowest BCUT2D eigenvalue weighted by Crippen LogP contribution is -2.33. The topological polar surface area (TPSA) is 78.8 Å². The fraction of sp³-hybridized carbons (Fsp3) is 0.889. The van der Waals surface area contributed by atoms with Crippen LogP contribution in [-0.4, -0.2) is 42.2 Å². The lowest BCUT2D eigenvalue weighted by Gasteiger charge is -2.13. The van der Waals surface area contributed by atoms with Gasteiger partial charge in [-0.15, -0.1) is 0 Å². The second-order valence-electron chi connectivity index (χ2n) is 3.52. The number of hydrogen-bond donors (Lipinski definition) is 3. The average Bonchev–Trinajstić information content (AvgIpc) is 2.10. The third-order valence-electron chi connectivity index (χ3n) is 1.55. The van der Waals surface area contributed by atoms with E-state index in [1.165, 1.54) is 0 Å². The van der Waals surface area contributed by atoms with Gasteiger partial charge in [0.1, 0.15) is 6.61 Å². The highest BCUT2D eigenvalue weighted by atomic mass is 16.6. The molecule has 0 aromatic rings. The zero-order chi connectivity index (χ0) is 11.0. The smallest absolute Gasteiger partial charge is 0.407 e. The highest BCUT2D eigenvalue weighted by Crippen LogP contribution is 2.03. The van der Waals surface area contributed by atoms with Gasteiger partial charge in [-0.1, -0.05) is 13.8 Å². The molecule has 0 aliphatic rings. The van der Waals surface area contributed by atoms with Crippen molar-refractivity contribution in [3.63, 3.8) is 0 Å². The number of alkyl carbamates (subject to hydrolysis) is 1. The van der Waals surface area contributed by atoms with Crippen LogP contribution in [0, 0.1) is 5.92 Å². The van der Waals surface area contributed by atoms with Gasteiger partial charge in [0, 0.05) is 6.54 Å². The summed E-state index contributed by atoms with van der Waals surface area (Å²) in [5.41, 5.74) is 0. The Kier molecular flexibility index (Phi) is 7.14. The summed E-state index contributed by atoms with van der Waals surface area (Å²) in [5, 5.41) is 20.1. The lowest BCUT2D eigenvalue weighted by atomic mass is 10.1. The van der Waals surface area contributed by atoms with E-state index < -0.39 is 12.2 Å². The highest BCUT2D eigenvalue weighted by Gasteiger charge is 2.08. The van der Waals surface area contributed by atoms with E-state index >= 15 is 0 Å². The monoisotopic (exact) mass is 205 g/mol. The maximum atomic E-state index is 10.8. The van der Waals surface area contributed by atoms with Gasteiger partial charge >= 0.3 is 6.09 Å². The normalized spacial score (nSPS) is 12.6. The van der Waals surface area contributed by atoms with Gasteiger partial charge in [0.2, 0.25) is 0 Å². The molecular formula is C9H19NO4. The molecule has 0 radical (unpaired) electrons. The van der Waals surface area contributed by atoms with Crippen LogP contribution in [0.15, 0.2) is 0 Å². The molecule has 84 valence electrons. The van der Waals surface area contributed by atoms with Crippen molar-refractivity contribution >= 4 is 6.09 Å². The van der Waals surface area contributed by atoms with Gasteiger partial charge in [-0.3, -0.25) is 0 Å². The van der Waals surface area contributed by atoms with E-state index in [0.29, 0.717) is 12.3 Å². The molecule has 5 heteroatoms. The molecule has 5 nitrogen and oxygen atoms in total. The van der Waals surface area contributed by atoms with Crippen molar-refractivity contribution in [2.45, 2.75) is 26.4 Å². The first-order valence-electron chi connectivity index (χ1n) is 4.75. The van der Waals surface area contributed by atoms with Crippen molar-refractivity contribution in [1.82, 2.24) is 5.32 Å². The van der Waals surface area contributed by atoms with Crippen LogP contribution < -0.4 is 5.32 Å². The largest absolute Gasteiger partial charge is 0.447 e. The number of rotatable bonds is 6. The maximum absolute atomic E-state index is 10.8. The Morgan fingerprint density at radius 2 is 2.14 bits per heavy atom. The van der Waals surface area contributed by atoms with Crippen molar-refractivity contribution in [1.29, 1.82) is 0 Å². The number of aliphatic hydroxyl groups excluding tert-OH is 2. The van der Waals surface area contributed by atoms with Crippen molar-refractivity contribution < 1.29 is 19.7 Å². The Bertz CT molecular complexity index is 161. The van der Waals surface area contributed by atoms with Gasteiger partial charge in [0.15, 0.2) is 0 Å². The fourth-order valence-corrected chi connectivity index (χ4v) is 1.02. The molecule has 0 bridgehead atoms. The first kappa shape index (κ1) is 13.2. The number of hydrogen-bond acceptors (Lipinski definition) is 4. The molecule has 1 atom stereocenters. The first-order valence-corrected chi connectivity index (χ1v) is 4.75. The second-order valence-corrected chi connectivity index (χ2v) is 3.52. The number of carbonyl (C=O) groups is 1. The molecule has 0 fully saturated rings. The number of ether oxygens (including phenoxy) is 1. The van der Waals surface area contributed by atoms with Gasteiger partial charge in [-0.25, -0.2) is 4.79 Å². The molecule has 0 aromatic carbocycles. The molecule has 1 amide bonds. The van der Waals surface area contributed by atoms with Crippen LogP contribution in [0.25, 0.3) is 0 Å². The molecule has 0 saturated heterocycles. The molecule has 14 heavy (non-hydrogen) atoms. The number of aliphatic hydroxyl groups is 2. The SMILES string of the molecule is CC(C)CC(O)CNC(=O)OCCO. The van der Waals surface area contributed by atoms with Crippen LogP contribution in [-0.2, 0) is 4.74 Å². The third kappa shape index (κ3) is 7.82. The Hall–Kier alpha value is -0.810. The van der Waals surface area contributed by atoms with Crippen LogP contribution in [0.1, 0.15) is 20.3 Å². The minimum absolute atomic E-state index is 0.0217. The van der Waals surface area contributed by atoms with Crippen LogP contribution >= 0.6 is 0 Å².